The van der Waals surface area contributed by atoms with Crippen LogP contribution in [0.5, 0.6) is 0 Å². The topological polar surface area (TPSA) is 27.7 Å². The first-order valence-corrected chi connectivity index (χ1v) is 7.99. The summed E-state index contributed by atoms with van der Waals surface area (Å²) in [7, 11) is 0. The van der Waals surface area contributed by atoms with Crippen LogP contribution in [-0.4, -0.2) is 19.8 Å². The van der Waals surface area contributed by atoms with E-state index in [0.29, 0.717) is 19.8 Å². The molecule has 3 saturated heterocycles. The first-order valence-electron chi connectivity index (χ1n) is 7.20. The summed E-state index contributed by atoms with van der Waals surface area (Å²) in [6.45, 7) is 2.98. The van der Waals surface area contributed by atoms with Gasteiger partial charge in [0.25, 0.3) is 0 Å². The zero-order valence-corrected chi connectivity index (χ0v) is 13.9. The van der Waals surface area contributed by atoms with Gasteiger partial charge in [-0.05, 0) is 34.5 Å². The standard InChI is InChI=1S/C15H15BrF4O3/c1-2-3-13-6-21-15(22-7-13,23-8-13)9-4-10(17)12(11(18)5-9)14(16,19)20/h4-5H,2-3,6-8H2,1H3. The van der Waals surface area contributed by atoms with Crippen LogP contribution in [0.3, 0.4) is 0 Å². The highest BCUT2D eigenvalue weighted by atomic mass is 79.9. The first kappa shape index (κ1) is 17.1. The Bertz CT molecular complexity index is 570. The predicted molar refractivity (Wildman–Crippen MR) is 76.1 cm³/mol. The number of halogens is 5. The van der Waals surface area contributed by atoms with E-state index in [0.717, 1.165) is 25.0 Å². The van der Waals surface area contributed by atoms with Crippen molar-refractivity contribution in [2.75, 3.05) is 19.8 Å². The van der Waals surface area contributed by atoms with E-state index in [4.69, 9.17) is 14.2 Å². The van der Waals surface area contributed by atoms with E-state index in [1.165, 1.54) is 0 Å². The summed E-state index contributed by atoms with van der Waals surface area (Å²) in [5.74, 6) is -4.54. The monoisotopic (exact) mass is 398 g/mol. The van der Waals surface area contributed by atoms with Gasteiger partial charge in [-0.3, -0.25) is 0 Å². The molecule has 128 valence electrons. The van der Waals surface area contributed by atoms with Gasteiger partial charge in [0.1, 0.15) is 17.2 Å². The molecule has 4 rings (SSSR count). The average Bonchev–Trinajstić information content (AvgIpc) is 2.47. The molecule has 3 aliphatic rings. The molecule has 2 bridgehead atoms. The van der Waals surface area contributed by atoms with E-state index in [2.05, 4.69) is 0 Å². The van der Waals surface area contributed by atoms with Crippen molar-refractivity contribution in [2.24, 2.45) is 5.41 Å². The van der Waals surface area contributed by atoms with Crippen LogP contribution in [0.25, 0.3) is 0 Å². The lowest BCUT2D eigenvalue weighted by molar-refractivity contribution is -0.480. The lowest BCUT2D eigenvalue weighted by Gasteiger charge is -2.51. The van der Waals surface area contributed by atoms with Crippen LogP contribution in [-0.2, 0) is 25.0 Å². The summed E-state index contributed by atoms with van der Waals surface area (Å²) >= 11 is 1.96. The number of alkyl halides is 3. The molecule has 23 heavy (non-hydrogen) atoms. The van der Waals surface area contributed by atoms with Crippen molar-refractivity contribution in [1.29, 1.82) is 0 Å². The molecule has 0 spiro atoms. The molecular formula is C15H15BrF4O3. The van der Waals surface area contributed by atoms with Gasteiger partial charge in [0.2, 0.25) is 0 Å². The average molecular weight is 399 g/mol. The lowest BCUT2D eigenvalue weighted by Crippen LogP contribution is -2.58. The van der Waals surface area contributed by atoms with Gasteiger partial charge < -0.3 is 14.2 Å². The predicted octanol–water partition coefficient (Wildman–Crippen LogP) is 4.38. The van der Waals surface area contributed by atoms with Crippen molar-refractivity contribution in [2.45, 2.75) is 30.6 Å². The van der Waals surface area contributed by atoms with Crippen LogP contribution in [0, 0.1) is 17.0 Å². The lowest BCUT2D eigenvalue weighted by atomic mass is 9.83. The van der Waals surface area contributed by atoms with Crippen LogP contribution >= 0.6 is 15.9 Å². The van der Waals surface area contributed by atoms with Gasteiger partial charge in [0.15, 0.2) is 0 Å². The van der Waals surface area contributed by atoms with E-state index < -0.39 is 28.0 Å². The molecule has 0 N–H and O–H groups in total. The minimum absolute atomic E-state index is 0.113. The maximum atomic E-state index is 14.0. The van der Waals surface area contributed by atoms with Crippen molar-refractivity contribution < 1.29 is 31.8 Å². The minimum Gasteiger partial charge on any atom is -0.323 e. The molecule has 0 aromatic heterocycles. The van der Waals surface area contributed by atoms with E-state index in [1.54, 1.807) is 0 Å². The Hall–Kier alpha value is -0.700. The summed E-state index contributed by atoms with van der Waals surface area (Å²) < 4.78 is 71.0. The molecule has 3 heterocycles. The maximum absolute atomic E-state index is 14.0. The Balaban J connectivity index is 1.92. The molecule has 1 aromatic rings. The zero-order valence-electron chi connectivity index (χ0n) is 12.3. The zero-order chi connectivity index (χ0) is 16.9. The van der Waals surface area contributed by atoms with Crippen LogP contribution < -0.4 is 0 Å². The van der Waals surface area contributed by atoms with Crippen molar-refractivity contribution in [1.82, 2.24) is 0 Å². The fourth-order valence-corrected chi connectivity index (χ4v) is 3.39. The molecule has 0 amide bonds. The van der Waals surface area contributed by atoms with E-state index in [-0.39, 0.29) is 11.0 Å². The van der Waals surface area contributed by atoms with Gasteiger partial charge in [-0.2, -0.15) is 8.78 Å². The molecule has 0 radical (unpaired) electrons. The summed E-state index contributed by atoms with van der Waals surface area (Å²) in [4.78, 5) is -3.81. The third-order valence-electron chi connectivity index (χ3n) is 4.16. The molecule has 3 aliphatic heterocycles. The van der Waals surface area contributed by atoms with Crippen LogP contribution in [0.1, 0.15) is 30.9 Å². The highest BCUT2D eigenvalue weighted by molar-refractivity contribution is 9.09. The minimum atomic E-state index is -3.81. The number of ether oxygens (including phenoxy) is 3. The SMILES string of the molecule is CCCC12COC(c3cc(F)c(C(F)(F)Br)c(F)c3)(OC1)OC2. The van der Waals surface area contributed by atoms with E-state index in [1.807, 2.05) is 22.9 Å². The van der Waals surface area contributed by atoms with Crippen molar-refractivity contribution >= 4 is 15.9 Å². The third kappa shape index (κ3) is 2.90. The molecule has 8 heteroatoms. The van der Waals surface area contributed by atoms with Crippen molar-refractivity contribution in [3.63, 3.8) is 0 Å². The van der Waals surface area contributed by atoms with Crippen LogP contribution in [0.2, 0.25) is 0 Å². The van der Waals surface area contributed by atoms with E-state index >= 15 is 0 Å². The highest BCUT2D eigenvalue weighted by Crippen LogP contribution is 2.47. The summed E-state index contributed by atoms with van der Waals surface area (Å²) in [5.41, 5.74) is -1.74. The summed E-state index contributed by atoms with van der Waals surface area (Å²) in [6, 6.07) is 1.51. The molecule has 3 fully saturated rings. The highest BCUT2D eigenvalue weighted by Gasteiger charge is 2.54. The summed E-state index contributed by atoms with van der Waals surface area (Å²) in [5, 5.41) is 0. The van der Waals surface area contributed by atoms with Gasteiger partial charge in [0.05, 0.1) is 19.8 Å². The first-order chi connectivity index (χ1) is 10.7. The Morgan fingerprint density at radius 2 is 1.57 bits per heavy atom. The Morgan fingerprint density at radius 1 is 1.09 bits per heavy atom. The molecule has 0 saturated carbocycles. The quantitative estimate of drug-likeness (QED) is 0.556. The largest absolute Gasteiger partial charge is 0.332 e. The molecule has 0 atom stereocenters. The number of hydrogen-bond donors (Lipinski definition) is 0. The summed E-state index contributed by atoms with van der Waals surface area (Å²) in [6.07, 6.45) is 1.75. The van der Waals surface area contributed by atoms with Crippen molar-refractivity contribution in [3.8, 4) is 0 Å². The number of fused-ring (bicyclic) bond motifs is 3. The molecular weight excluding hydrogens is 384 g/mol. The molecule has 0 unspecified atom stereocenters. The second kappa shape index (κ2) is 5.68. The van der Waals surface area contributed by atoms with Crippen LogP contribution in [0.15, 0.2) is 12.1 Å². The number of rotatable bonds is 4. The second-order valence-corrected chi connectivity index (χ2v) is 6.98. The Labute approximate surface area is 139 Å². The normalized spacial score (nSPS) is 30.7. The van der Waals surface area contributed by atoms with Gasteiger partial charge in [0, 0.05) is 11.0 Å². The second-order valence-electron chi connectivity index (χ2n) is 5.98. The molecule has 1 aromatic carbocycles. The Kier molecular flexibility index (Phi) is 4.23. The number of hydrogen-bond acceptors (Lipinski definition) is 3. The van der Waals surface area contributed by atoms with Crippen LogP contribution in [0.4, 0.5) is 17.6 Å². The van der Waals surface area contributed by atoms with Crippen molar-refractivity contribution in [3.05, 3.63) is 34.9 Å². The fourth-order valence-electron chi connectivity index (χ4n) is 3.01. The molecule has 3 nitrogen and oxygen atoms in total. The maximum Gasteiger partial charge on any atom is 0.332 e. The smallest absolute Gasteiger partial charge is 0.323 e. The number of benzene rings is 1. The van der Waals surface area contributed by atoms with E-state index in [9.17, 15) is 17.6 Å². The van der Waals surface area contributed by atoms with Gasteiger partial charge in [-0.1, -0.05) is 13.3 Å². The third-order valence-corrected chi connectivity index (χ3v) is 4.56. The van der Waals surface area contributed by atoms with Gasteiger partial charge >= 0.3 is 10.8 Å². The van der Waals surface area contributed by atoms with Gasteiger partial charge in [-0.15, -0.1) is 0 Å². The van der Waals surface area contributed by atoms with Gasteiger partial charge in [-0.25, -0.2) is 8.78 Å². The fraction of sp³-hybridized carbons (Fsp3) is 0.600. The molecule has 0 aliphatic carbocycles. The Morgan fingerprint density at radius 3 is 1.96 bits per heavy atom.